The smallest absolute Gasteiger partial charge is 0.316 e. The van der Waals surface area contributed by atoms with Gasteiger partial charge in [0.25, 0.3) is 0 Å². The third kappa shape index (κ3) is 5.43. The van der Waals surface area contributed by atoms with E-state index in [2.05, 4.69) is 68.4 Å². The molecule has 2 aliphatic rings. The molecule has 3 aromatic carbocycles. The summed E-state index contributed by atoms with van der Waals surface area (Å²) in [6, 6.07) is 32.6. The van der Waals surface area contributed by atoms with Crippen molar-refractivity contribution in [3.8, 4) is 22.7 Å². The Labute approximate surface area is 245 Å². The van der Waals surface area contributed by atoms with Crippen LogP contribution in [0.5, 0.6) is 5.75 Å². The van der Waals surface area contributed by atoms with Crippen LogP contribution in [0.15, 0.2) is 114 Å². The van der Waals surface area contributed by atoms with E-state index in [4.69, 9.17) is 4.74 Å². The maximum absolute atomic E-state index is 13.9. The molecule has 210 valence electrons. The monoisotopic (exact) mass is 555 g/mol. The number of aromatic nitrogens is 3. The summed E-state index contributed by atoms with van der Waals surface area (Å²) in [5.74, 6) is 0.394. The standard InChI is InChI=1S/C35H33N5O2/c41-35-34(42-31-22-28-8-4-5-9-29(28)23-31)33(24-37-40(35)30-10-2-1-3-11-30)39-20-18-38(19-21-39)25-26-13-15-27(16-14-26)32-12-6-7-17-36-32/h1-17,24,31H,18-23,25H2. The van der Waals surface area contributed by atoms with Gasteiger partial charge in [-0.3, -0.25) is 14.7 Å². The van der Waals surface area contributed by atoms with Gasteiger partial charge in [-0.2, -0.15) is 9.78 Å². The molecule has 0 saturated carbocycles. The Morgan fingerprint density at radius 2 is 1.45 bits per heavy atom. The molecule has 3 heterocycles. The van der Waals surface area contributed by atoms with Crippen LogP contribution in [0.25, 0.3) is 16.9 Å². The number of ether oxygens (including phenoxy) is 1. The van der Waals surface area contributed by atoms with Crippen LogP contribution in [0.4, 0.5) is 5.69 Å². The Kier molecular flexibility index (Phi) is 7.24. The van der Waals surface area contributed by atoms with E-state index in [0.29, 0.717) is 5.75 Å². The van der Waals surface area contributed by atoms with Crippen molar-refractivity contribution < 1.29 is 4.74 Å². The lowest BCUT2D eigenvalue weighted by atomic mass is 10.1. The van der Waals surface area contributed by atoms with Crippen LogP contribution in [0.2, 0.25) is 0 Å². The molecule has 0 unspecified atom stereocenters. The lowest BCUT2D eigenvalue weighted by Gasteiger charge is -2.36. The van der Waals surface area contributed by atoms with Gasteiger partial charge in [0.05, 0.1) is 17.6 Å². The molecule has 42 heavy (non-hydrogen) atoms. The summed E-state index contributed by atoms with van der Waals surface area (Å²) in [6.45, 7) is 4.25. The van der Waals surface area contributed by atoms with Crippen molar-refractivity contribution in [1.82, 2.24) is 19.7 Å². The van der Waals surface area contributed by atoms with E-state index in [1.807, 2.05) is 54.7 Å². The van der Waals surface area contributed by atoms with Crippen molar-refractivity contribution in [2.24, 2.45) is 0 Å². The van der Waals surface area contributed by atoms with Crippen molar-refractivity contribution in [2.45, 2.75) is 25.5 Å². The molecule has 0 radical (unpaired) electrons. The molecule has 0 atom stereocenters. The van der Waals surface area contributed by atoms with Gasteiger partial charge >= 0.3 is 5.56 Å². The normalized spacial score (nSPS) is 15.5. The number of pyridine rings is 1. The Morgan fingerprint density at radius 1 is 0.762 bits per heavy atom. The van der Waals surface area contributed by atoms with Crippen molar-refractivity contribution in [3.63, 3.8) is 0 Å². The highest BCUT2D eigenvalue weighted by Gasteiger charge is 2.28. The average Bonchev–Trinajstić information content (AvgIpc) is 3.46. The first-order valence-corrected chi connectivity index (χ1v) is 14.6. The van der Waals surface area contributed by atoms with Crippen LogP contribution in [-0.4, -0.2) is 51.9 Å². The van der Waals surface area contributed by atoms with E-state index < -0.39 is 0 Å². The van der Waals surface area contributed by atoms with Gasteiger partial charge in [-0.15, -0.1) is 0 Å². The molecule has 0 N–H and O–H groups in total. The first-order valence-electron chi connectivity index (χ1n) is 14.6. The van der Waals surface area contributed by atoms with E-state index in [9.17, 15) is 4.79 Å². The van der Waals surface area contributed by atoms with E-state index in [-0.39, 0.29) is 11.7 Å². The number of rotatable bonds is 7. The number of hydrogen-bond acceptors (Lipinski definition) is 6. The van der Waals surface area contributed by atoms with Crippen LogP contribution in [0, 0.1) is 0 Å². The number of hydrogen-bond donors (Lipinski definition) is 0. The highest BCUT2D eigenvalue weighted by molar-refractivity contribution is 5.59. The number of piperazine rings is 1. The van der Waals surface area contributed by atoms with Gasteiger partial charge in [0.15, 0.2) is 0 Å². The largest absolute Gasteiger partial charge is 0.482 e. The molecule has 5 aromatic rings. The van der Waals surface area contributed by atoms with Crippen LogP contribution in [0.1, 0.15) is 16.7 Å². The minimum Gasteiger partial charge on any atom is -0.482 e. The maximum Gasteiger partial charge on any atom is 0.316 e. The van der Waals surface area contributed by atoms with E-state index in [1.54, 1.807) is 6.20 Å². The summed E-state index contributed by atoms with van der Waals surface area (Å²) in [5, 5.41) is 4.58. The number of anilines is 1. The minimum absolute atomic E-state index is 0.0733. The summed E-state index contributed by atoms with van der Waals surface area (Å²) in [5.41, 5.74) is 7.27. The summed E-state index contributed by atoms with van der Waals surface area (Å²) >= 11 is 0. The molecule has 1 fully saturated rings. The van der Waals surface area contributed by atoms with Crippen LogP contribution >= 0.6 is 0 Å². The maximum atomic E-state index is 13.9. The predicted molar refractivity (Wildman–Crippen MR) is 165 cm³/mol. The van der Waals surface area contributed by atoms with Gasteiger partial charge in [0.2, 0.25) is 5.75 Å². The Bertz CT molecular complexity index is 1690. The Hall–Kier alpha value is -4.75. The zero-order chi connectivity index (χ0) is 28.3. The van der Waals surface area contributed by atoms with Crippen molar-refractivity contribution in [2.75, 3.05) is 31.1 Å². The SMILES string of the molecule is O=c1c(OC2Cc3ccccc3C2)c(N2CCN(Cc3ccc(-c4ccccn4)cc3)CC2)cnn1-c1ccccc1. The second kappa shape index (κ2) is 11.6. The quantitative estimate of drug-likeness (QED) is 0.276. The third-order valence-corrected chi connectivity index (χ3v) is 8.25. The van der Waals surface area contributed by atoms with Crippen LogP contribution in [-0.2, 0) is 19.4 Å². The summed E-state index contributed by atoms with van der Waals surface area (Å²) < 4.78 is 8.02. The van der Waals surface area contributed by atoms with Crippen molar-refractivity contribution in [3.05, 3.63) is 136 Å². The molecule has 1 saturated heterocycles. The molecule has 0 bridgehead atoms. The molecular weight excluding hydrogens is 522 g/mol. The molecule has 0 spiro atoms. The summed E-state index contributed by atoms with van der Waals surface area (Å²) in [4.78, 5) is 23.0. The molecule has 7 rings (SSSR count). The molecule has 1 aliphatic heterocycles. The van der Waals surface area contributed by atoms with E-state index in [0.717, 1.165) is 68.2 Å². The van der Waals surface area contributed by atoms with E-state index in [1.165, 1.54) is 21.4 Å². The lowest BCUT2D eigenvalue weighted by molar-refractivity contribution is 0.207. The highest BCUT2D eigenvalue weighted by Crippen LogP contribution is 2.31. The average molecular weight is 556 g/mol. The minimum atomic E-state index is -0.218. The van der Waals surface area contributed by atoms with Gasteiger partial charge in [-0.1, -0.05) is 72.8 Å². The van der Waals surface area contributed by atoms with Gasteiger partial charge in [-0.05, 0) is 41.0 Å². The first kappa shape index (κ1) is 26.2. The summed E-state index contributed by atoms with van der Waals surface area (Å²) in [6.07, 6.45) is 5.16. The molecular formula is C35H33N5O2. The highest BCUT2D eigenvalue weighted by atomic mass is 16.5. The fourth-order valence-corrected chi connectivity index (χ4v) is 6.01. The summed E-state index contributed by atoms with van der Waals surface area (Å²) in [7, 11) is 0. The molecule has 7 nitrogen and oxygen atoms in total. The van der Waals surface area contributed by atoms with Crippen molar-refractivity contribution >= 4 is 5.69 Å². The topological polar surface area (TPSA) is 63.5 Å². The van der Waals surface area contributed by atoms with Gasteiger partial charge < -0.3 is 9.64 Å². The fourth-order valence-electron chi connectivity index (χ4n) is 6.01. The second-order valence-corrected chi connectivity index (χ2v) is 11.0. The number of nitrogens with zero attached hydrogens (tertiary/aromatic N) is 5. The van der Waals surface area contributed by atoms with Crippen molar-refractivity contribution in [1.29, 1.82) is 0 Å². The lowest BCUT2D eigenvalue weighted by Crippen LogP contribution is -2.46. The van der Waals surface area contributed by atoms with Crippen LogP contribution in [0.3, 0.4) is 0 Å². The molecule has 7 heteroatoms. The predicted octanol–water partition coefficient (Wildman–Crippen LogP) is 5.16. The second-order valence-electron chi connectivity index (χ2n) is 11.0. The van der Waals surface area contributed by atoms with Gasteiger partial charge in [0.1, 0.15) is 11.8 Å². The molecule has 0 amide bonds. The Balaban J connectivity index is 1.08. The zero-order valence-corrected chi connectivity index (χ0v) is 23.5. The number of para-hydroxylation sites is 1. The van der Waals surface area contributed by atoms with Gasteiger partial charge in [0, 0.05) is 57.3 Å². The Morgan fingerprint density at radius 3 is 2.14 bits per heavy atom. The van der Waals surface area contributed by atoms with E-state index >= 15 is 0 Å². The third-order valence-electron chi connectivity index (χ3n) is 8.25. The van der Waals surface area contributed by atoms with Crippen LogP contribution < -0.4 is 15.2 Å². The number of fused-ring (bicyclic) bond motifs is 1. The molecule has 1 aliphatic carbocycles. The molecule has 2 aromatic heterocycles. The fraction of sp³-hybridized carbons (Fsp3) is 0.229. The van der Waals surface area contributed by atoms with Gasteiger partial charge in [-0.25, -0.2) is 0 Å². The number of benzene rings is 3. The first-order chi connectivity index (χ1) is 20.7. The zero-order valence-electron chi connectivity index (χ0n) is 23.5.